The number of hydrogen-bond donors (Lipinski definition) is 1. The smallest absolute Gasteiger partial charge is 0.340 e. The van der Waals surface area contributed by atoms with Crippen LogP contribution in [0.1, 0.15) is 11.1 Å². The number of hydrogen-bond acceptors (Lipinski definition) is 2. The molecule has 0 amide bonds. The SMILES string of the molecule is Cc1ccc(C(F)(F)F)cc1Nc1cccc(Cl)n1. The molecule has 2 rings (SSSR count). The number of pyridine rings is 1. The summed E-state index contributed by atoms with van der Waals surface area (Å²) in [6.45, 7) is 1.72. The second kappa shape index (κ2) is 5.09. The molecule has 1 N–H and O–H groups in total. The highest BCUT2D eigenvalue weighted by Crippen LogP contribution is 2.32. The Hall–Kier alpha value is -1.75. The molecular formula is C13H10ClF3N2. The van der Waals surface area contributed by atoms with Crippen LogP contribution in [0.25, 0.3) is 0 Å². The van der Waals surface area contributed by atoms with Gasteiger partial charge in [0.1, 0.15) is 11.0 Å². The number of aryl methyl sites for hydroxylation is 1. The van der Waals surface area contributed by atoms with Crippen LogP contribution in [0.2, 0.25) is 5.15 Å². The van der Waals surface area contributed by atoms with Crippen molar-refractivity contribution in [1.82, 2.24) is 4.98 Å². The van der Waals surface area contributed by atoms with Gasteiger partial charge >= 0.3 is 6.18 Å². The molecule has 0 spiro atoms. The van der Waals surface area contributed by atoms with Crippen molar-refractivity contribution in [3.8, 4) is 0 Å². The Morgan fingerprint density at radius 1 is 1.16 bits per heavy atom. The number of nitrogens with one attached hydrogen (secondary N) is 1. The predicted molar refractivity (Wildman–Crippen MR) is 68.7 cm³/mol. The molecule has 2 aromatic rings. The van der Waals surface area contributed by atoms with Gasteiger partial charge in [0, 0.05) is 5.69 Å². The van der Waals surface area contributed by atoms with Crippen molar-refractivity contribution in [3.63, 3.8) is 0 Å². The van der Waals surface area contributed by atoms with Crippen LogP contribution in [0, 0.1) is 6.92 Å². The molecule has 6 heteroatoms. The van der Waals surface area contributed by atoms with Crippen LogP contribution in [0.5, 0.6) is 0 Å². The highest BCUT2D eigenvalue weighted by Gasteiger charge is 2.30. The molecule has 0 saturated heterocycles. The van der Waals surface area contributed by atoms with Gasteiger partial charge in [0.2, 0.25) is 0 Å². The highest BCUT2D eigenvalue weighted by molar-refractivity contribution is 6.29. The molecule has 0 radical (unpaired) electrons. The lowest BCUT2D eigenvalue weighted by Crippen LogP contribution is -2.06. The summed E-state index contributed by atoms with van der Waals surface area (Å²) in [6.07, 6.45) is -4.37. The van der Waals surface area contributed by atoms with Crippen molar-refractivity contribution < 1.29 is 13.2 Å². The number of benzene rings is 1. The Morgan fingerprint density at radius 2 is 1.89 bits per heavy atom. The fraction of sp³-hybridized carbons (Fsp3) is 0.154. The van der Waals surface area contributed by atoms with E-state index >= 15 is 0 Å². The summed E-state index contributed by atoms with van der Waals surface area (Å²) in [5.41, 5.74) is 0.335. The van der Waals surface area contributed by atoms with E-state index in [2.05, 4.69) is 10.3 Å². The van der Waals surface area contributed by atoms with Crippen molar-refractivity contribution >= 4 is 23.1 Å². The molecule has 2 nitrogen and oxygen atoms in total. The first kappa shape index (κ1) is 13.7. The molecule has 19 heavy (non-hydrogen) atoms. The van der Waals surface area contributed by atoms with Gasteiger partial charge in [-0.15, -0.1) is 0 Å². The summed E-state index contributed by atoms with van der Waals surface area (Å²) in [6, 6.07) is 8.40. The molecule has 0 aliphatic rings. The van der Waals surface area contributed by atoms with Crippen LogP contribution in [0.3, 0.4) is 0 Å². The van der Waals surface area contributed by atoms with E-state index in [0.29, 0.717) is 17.1 Å². The maximum absolute atomic E-state index is 12.6. The normalized spacial score (nSPS) is 11.4. The number of aromatic nitrogens is 1. The van der Waals surface area contributed by atoms with E-state index in [1.165, 1.54) is 6.07 Å². The van der Waals surface area contributed by atoms with Gasteiger partial charge in [0.05, 0.1) is 5.56 Å². The maximum Gasteiger partial charge on any atom is 0.416 e. The second-order valence-corrected chi connectivity index (χ2v) is 4.39. The standard InChI is InChI=1S/C13H10ClF3N2/c1-8-5-6-9(13(15,16)17)7-10(8)18-12-4-2-3-11(14)19-12/h2-7H,1H3,(H,18,19). The molecule has 0 saturated carbocycles. The first-order valence-corrected chi connectivity index (χ1v) is 5.81. The number of halogens is 4. The van der Waals surface area contributed by atoms with E-state index in [4.69, 9.17) is 11.6 Å². The van der Waals surface area contributed by atoms with Crippen molar-refractivity contribution in [2.24, 2.45) is 0 Å². The molecule has 0 unspecified atom stereocenters. The molecule has 100 valence electrons. The van der Waals surface area contributed by atoms with Crippen molar-refractivity contribution in [3.05, 3.63) is 52.7 Å². The number of nitrogens with zero attached hydrogens (tertiary/aromatic N) is 1. The summed E-state index contributed by atoms with van der Waals surface area (Å²) in [5.74, 6) is 0.398. The lowest BCUT2D eigenvalue weighted by molar-refractivity contribution is -0.137. The van der Waals surface area contributed by atoms with Crippen LogP contribution >= 0.6 is 11.6 Å². The quantitative estimate of drug-likeness (QED) is 0.802. The van der Waals surface area contributed by atoms with Crippen LogP contribution in [-0.2, 0) is 6.18 Å². The molecule has 1 aromatic carbocycles. The minimum Gasteiger partial charge on any atom is -0.340 e. The summed E-state index contributed by atoms with van der Waals surface area (Å²) in [4.78, 5) is 3.97. The molecule has 0 bridgehead atoms. The average molecular weight is 287 g/mol. The van der Waals surface area contributed by atoms with Crippen molar-refractivity contribution in [2.45, 2.75) is 13.1 Å². The predicted octanol–water partition coefficient (Wildman–Crippen LogP) is 4.81. The zero-order valence-electron chi connectivity index (χ0n) is 9.92. The van der Waals surface area contributed by atoms with Crippen molar-refractivity contribution in [1.29, 1.82) is 0 Å². The fourth-order valence-electron chi connectivity index (χ4n) is 1.55. The number of rotatable bonds is 2. The minimum absolute atomic E-state index is 0.273. The van der Waals surface area contributed by atoms with Gasteiger partial charge in [-0.1, -0.05) is 23.7 Å². The third-order valence-electron chi connectivity index (χ3n) is 2.54. The summed E-state index contributed by atoms with van der Waals surface area (Å²) in [7, 11) is 0. The lowest BCUT2D eigenvalue weighted by Gasteiger charge is -2.13. The average Bonchev–Trinajstić information content (AvgIpc) is 2.30. The van der Waals surface area contributed by atoms with Crippen molar-refractivity contribution in [2.75, 3.05) is 5.32 Å². The molecule has 1 aromatic heterocycles. The Bertz CT molecular complexity index is 597. The Kier molecular flexibility index (Phi) is 3.66. The van der Waals surface area contributed by atoms with Crippen LogP contribution in [0.4, 0.5) is 24.7 Å². The van der Waals surface area contributed by atoms with E-state index in [-0.39, 0.29) is 5.15 Å². The third-order valence-corrected chi connectivity index (χ3v) is 2.75. The second-order valence-electron chi connectivity index (χ2n) is 4.00. The first-order chi connectivity index (χ1) is 8.86. The molecule has 0 fully saturated rings. The third kappa shape index (κ3) is 3.38. The molecular weight excluding hydrogens is 277 g/mol. The summed E-state index contributed by atoms with van der Waals surface area (Å²) in [5, 5.41) is 3.10. The fourth-order valence-corrected chi connectivity index (χ4v) is 1.71. The summed E-state index contributed by atoms with van der Waals surface area (Å²) >= 11 is 5.72. The number of alkyl halides is 3. The van der Waals surface area contributed by atoms with E-state index in [0.717, 1.165) is 12.1 Å². The lowest BCUT2D eigenvalue weighted by atomic mass is 10.1. The molecule has 0 aliphatic heterocycles. The molecule has 0 aliphatic carbocycles. The first-order valence-electron chi connectivity index (χ1n) is 5.44. The zero-order valence-corrected chi connectivity index (χ0v) is 10.7. The molecule has 0 atom stereocenters. The summed E-state index contributed by atoms with van der Waals surface area (Å²) < 4.78 is 37.9. The largest absolute Gasteiger partial charge is 0.416 e. The zero-order chi connectivity index (χ0) is 14.0. The topological polar surface area (TPSA) is 24.9 Å². The monoisotopic (exact) mass is 286 g/mol. The maximum atomic E-state index is 12.6. The highest BCUT2D eigenvalue weighted by atomic mass is 35.5. The van der Waals surface area contributed by atoms with Gasteiger partial charge in [0.15, 0.2) is 0 Å². The van der Waals surface area contributed by atoms with Gasteiger partial charge in [-0.3, -0.25) is 0 Å². The molecule has 1 heterocycles. The van der Waals surface area contributed by atoms with Gasteiger partial charge in [-0.2, -0.15) is 13.2 Å². The Labute approximate surface area is 113 Å². The Morgan fingerprint density at radius 3 is 2.53 bits per heavy atom. The van der Waals surface area contributed by atoms with E-state index in [1.54, 1.807) is 25.1 Å². The minimum atomic E-state index is -4.37. The van der Waals surface area contributed by atoms with Gasteiger partial charge in [0.25, 0.3) is 0 Å². The van der Waals surface area contributed by atoms with E-state index in [9.17, 15) is 13.2 Å². The van der Waals surface area contributed by atoms with Gasteiger partial charge in [-0.25, -0.2) is 4.98 Å². The number of anilines is 2. The van der Waals surface area contributed by atoms with E-state index in [1.807, 2.05) is 0 Å². The van der Waals surface area contributed by atoms with Crippen LogP contribution < -0.4 is 5.32 Å². The van der Waals surface area contributed by atoms with Gasteiger partial charge < -0.3 is 5.32 Å². The van der Waals surface area contributed by atoms with E-state index < -0.39 is 11.7 Å². The van der Waals surface area contributed by atoms with Crippen LogP contribution in [0.15, 0.2) is 36.4 Å². The van der Waals surface area contributed by atoms with Crippen LogP contribution in [-0.4, -0.2) is 4.98 Å². The Balaban J connectivity index is 2.34. The van der Waals surface area contributed by atoms with Gasteiger partial charge in [-0.05, 0) is 36.8 Å².